The number of hydrogen-bond acceptors (Lipinski definition) is 5. The van der Waals surface area contributed by atoms with Crippen LogP contribution in [0.4, 0.5) is 10.1 Å². The number of hydrogen-bond donors (Lipinski definition) is 0. The van der Waals surface area contributed by atoms with Gasteiger partial charge in [0.2, 0.25) is 5.78 Å². The maximum Gasteiger partial charge on any atom is 0.339 e. The summed E-state index contributed by atoms with van der Waals surface area (Å²) in [5.41, 5.74) is 0.824. The molecule has 0 unspecified atom stereocenters. The Bertz CT molecular complexity index is 1020. The number of ether oxygens (including phenoxy) is 1. The first-order chi connectivity index (χ1) is 14.0. The number of carbonyl (C=O) groups excluding carboxylic acids is 3. The van der Waals surface area contributed by atoms with Crippen molar-refractivity contribution in [3.05, 3.63) is 87.9 Å². The van der Waals surface area contributed by atoms with Crippen molar-refractivity contribution in [2.24, 2.45) is 0 Å². The molecule has 5 nitrogen and oxygen atoms in total. The standard InChI is InChI=1S/C22H18FNO4S/c1-2-24(16-11-9-15(23)10-12-16)20(25)14-28-22(27)18-7-4-3-6-17(18)21(26)19-8-5-13-29-19/h3-13H,2,14H2,1H3. The number of anilines is 1. The third kappa shape index (κ3) is 4.75. The molecule has 3 aromatic rings. The first-order valence-electron chi connectivity index (χ1n) is 8.91. The molecule has 0 atom stereocenters. The molecule has 0 N–H and O–H groups in total. The number of thiophene rings is 1. The topological polar surface area (TPSA) is 63.7 Å². The van der Waals surface area contributed by atoms with Crippen LogP contribution in [0.15, 0.2) is 66.0 Å². The van der Waals surface area contributed by atoms with Crippen LogP contribution < -0.4 is 4.90 Å². The first kappa shape index (κ1) is 20.4. The molecule has 1 amide bonds. The van der Waals surface area contributed by atoms with Gasteiger partial charge >= 0.3 is 5.97 Å². The van der Waals surface area contributed by atoms with Gasteiger partial charge in [-0.15, -0.1) is 11.3 Å². The van der Waals surface area contributed by atoms with E-state index in [1.165, 1.54) is 46.6 Å². The average Bonchev–Trinajstić information content (AvgIpc) is 3.28. The number of nitrogens with zero attached hydrogens (tertiary/aromatic N) is 1. The molecule has 0 fully saturated rings. The summed E-state index contributed by atoms with van der Waals surface area (Å²) < 4.78 is 18.3. The van der Waals surface area contributed by atoms with Gasteiger partial charge in [-0.2, -0.15) is 0 Å². The van der Waals surface area contributed by atoms with Gasteiger partial charge in [0, 0.05) is 17.8 Å². The summed E-state index contributed by atoms with van der Waals surface area (Å²) >= 11 is 1.28. The van der Waals surface area contributed by atoms with Crippen LogP contribution in [0.25, 0.3) is 0 Å². The second kappa shape index (κ2) is 9.25. The largest absolute Gasteiger partial charge is 0.452 e. The highest BCUT2D eigenvalue weighted by Crippen LogP contribution is 2.19. The van der Waals surface area contributed by atoms with Crippen LogP contribution in [-0.4, -0.2) is 30.8 Å². The fraction of sp³-hybridized carbons (Fsp3) is 0.136. The fourth-order valence-corrected chi connectivity index (χ4v) is 3.48. The van der Waals surface area contributed by atoms with E-state index in [1.807, 2.05) is 0 Å². The van der Waals surface area contributed by atoms with E-state index in [1.54, 1.807) is 42.6 Å². The Hall–Kier alpha value is -3.32. The Kier molecular flexibility index (Phi) is 6.51. The lowest BCUT2D eigenvalue weighted by molar-refractivity contribution is -0.121. The zero-order valence-corrected chi connectivity index (χ0v) is 16.4. The molecular weight excluding hydrogens is 393 g/mol. The third-order valence-corrected chi connectivity index (χ3v) is 5.09. The van der Waals surface area contributed by atoms with Gasteiger partial charge < -0.3 is 9.64 Å². The third-order valence-electron chi connectivity index (χ3n) is 4.22. The van der Waals surface area contributed by atoms with E-state index < -0.39 is 24.3 Å². The highest BCUT2D eigenvalue weighted by Gasteiger charge is 2.22. The Morgan fingerprint density at radius 3 is 2.28 bits per heavy atom. The number of rotatable bonds is 7. The molecule has 0 bridgehead atoms. The van der Waals surface area contributed by atoms with Crippen molar-refractivity contribution in [3.63, 3.8) is 0 Å². The van der Waals surface area contributed by atoms with Crippen molar-refractivity contribution in [3.8, 4) is 0 Å². The van der Waals surface area contributed by atoms with Crippen molar-refractivity contribution < 1.29 is 23.5 Å². The zero-order chi connectivity index (χ0) is 20.8. The quantitative estimate of drug-likeness (QED) is 0.429. The monoisotopic (exact) mass is 411 g/mol. The van der Waals surface area contributed by atoms with E-state index in [-0.39, 0.29) is 16.9 Å². The predicted octanol–water partition coefficient (Wildman–Crippen LogP) is 4.33. The van der Waals surface area contributed by atoms with E-state index in [4.69, 9.17) is 4.74 Å². The molecule has 148 valence electrons. The molecular formula is C22H18FNO4S. The van der Waals surface area contributed by atoms with Crippen LogP contribution in [0.2, 0.25) is 0 Å². The highest BCUT2D eigenvalue weighted by molar-refractivity contribution is 7.12. The zero-order valence-electron chi connectivity index (χ0n) is 15.6. The fourth-order valence-electron chi connectivity index (χ4n) is 2.81. The second-order valence-corrected chi connectivity index (χ2v) is 6.99. The van der Waals surface area contributed by atoms with Crippen LogP contribution in [0.3, 0.4) is 0 Å². The molecule has 0 saturated carbocycles. The molecule has 0 aliphatic carbocycles. The Morgan fingerprint density at radius 1 is 0.966 bits per heavy atom. The van der Waals surface area contributed by atoms with E-state index in [2.05, 4.69) is 0 Å². The van der Waals surface area contributed by atoms with Gasteiger partial charge in [-0.1, -0.05) is 24.3 Å². The van der Waals surface area contributed by atoms with Crippen LogP contribution in [0.1, 0.15) is 32.5 Å². The van der Waals surface area contributed by atoms with E-state index in [0.717, 1.165) is 0 Å². The molecule has 2 aromatic carbocycles. The molecule has 0 saturated heterocycles. The van der Waals surface area contributed by atoms with Crippen molar-refractivity contribution in [2.75, 3.05) is 18.1 Å². The lowest BCUT2D eigenvalue weighted by atomic mass is 10.0. The summed E-state index contributed by atoms with van der Waals surface area (Å²) in [6, 6.07) is 15.2. The highest BCUT2D eigenvalue weighted by atomic mass is 32.1. The number of ketones is 1. The summed E-state index contributed by atoms with van der Waals surface area (Å²) in [6.45, 7) is 1.60. The van der Waals surface area contributed by atoms with E-state index in [0.29, 0.717) is 17.1 Å². The molecule has 3 rings (SSSR count). The molecule has 0 aliphatic rings. The SMILES string of the molecule is CCN(C(=O)COC(=O)c1ccccc1C(=O)c1cccs1)c1ccc(F)cc1. The number of likely N-dealkylation sites (N-methyl/N-ethyl adjacent to an activating group) is 1. The summed E-state index contributed by atoms with van der Waals surface area (Å²) in [6.07, 6.45) is 0. The molecule has 0 radical (unpaired) electrons. The molecule has 1 aromatic heterocycles. The van der Waals surface area contributed by atoms with E-state index in [9.17, 15) is 18.8 Å². The van der Waals surface area contributed by atoms with Gasteiger partial charge in [-0.25, -0.2) is 9.18 Å². The van der Waals surface area contributed by atoms with Crippen LogP contribution >= 0.6 is 11.3 Å². The van der Waals surface area contributed by atoms with Gasteiger partial charge in [0.1, 0.15) is 5.82 Å². The number of halogens is 1. The Morgan fingerprint density at radius 2 is 1.66 bits per heavy atom. The van der Waals surface area contributed by atoms with Gasteiger partial charge in [0.05, 0.1) is 10.4 Å². The number of esters is 1. The molecule has 1 heterocycles. The van der Waals surface area contributed by atoms with Crippen LogP contribution in [0, 0.1) is 5.82 Å². The van der Waals surface area contributed by atoms with Crippen molar-refractivity contribution in [2.45, 2.75) is 6.92 Å². The summed E-state index contributed by atoms with van der Waals surface area (Å²) in [7, 11) is 0. The van der Waals surface area contributed by atoms with Crippen LogP contribution in [-0.2, 0) is 9.53 Å². The smallest absolute Gasteiger partial charge is 0.339 e. The number of carbonyl (C=O) groups is 3. The summed E-state index contributed by atoms with van der Waals surface area (Å²) in [5.74, 6) is -1.89. The first-order valence-corrected chi connectivity index (χ1v) is 9.79. The normalized spacial score (nSPS) is 10.4. The molecule has 0 aliphatic heterocycles. The number of benzene rings is 2. The van der Waals surface area contributed by atoms with Gasteiger partial charge in [0.15, 0.2) is 6.61 Å². The molecule has 0 spiro atoms. The average molecular weight is 411 g/mol. The maximum atomic E-state index is 13.1. The second-order valence-electron chi connectivity index (χ2n) is 6.04. The minimum atomic E-state index is -0.756. The summed E-state index contributed by atoms with van der Waals surface area (Å²) in [4.78, 5) is 39.6. The lowest BCUT2D eigenvalue weighted by Crippen LogP contribution is -2.34. The number of amides is 1. The van der Waals surface area contributed by atoms with Crippen molar-refractivity contribution in [1.82, 2.24) is 0 Å². The minimum Gasteiger partial charge on any atom is -0.452 e. The Balaban J connectivity index is 1.71. The van der Waals surface area contributed by atoms with E-state index >= 15 is 0 Å². The van der Waals surface area contributed by atoms with Gasteiger partial charge in [-0.3, -0.25) is 9.59 Å². The molecule has 7 heteroatoms. The van der Waals surface area contributed by atoms with Gasteiger partial charge in [-0.05, 0) is 48.7 Å². The van der Waals surface area contributed by atoms with Crippen molar-refractivity contribution >= 4 is 34.7 Å². The lowest BCUT2D eigenvalue weighted by Gasteiger charge is -2.21. The Labute approximate surface area is 171 Å². The summed E-state index contributed by atoms with van der Waals surface area (Å²) in [5, 5.41) is 1.78. The predicted molar refractivity (Wildman–Crippen MR) is 109 cm³/mol. The minimum absolute atomic E-state index is 0.100. The maximum absolute atomic E-state index is 13.1. The van der Waals surface area contributed by atoms with Crippen molar-refractivity contribution in [1.29, 1.82) is 0 Å². The van der Waals surface area contributed by atoms with Crippen LogP contribution in [0.5, 0.6) is 0 Å². The molecule has 29 heavy (non-hydrogen) atoms. The van der Waals surface area contributed by atoms with Gasteiger partial charge in [0.25, 0.3) is 5.91 Å².